The number of carboxylic acid groups (broad SMARTS) is 1. The molecule has 4 aliphatic heterocycles. The van der Waals surface area contributed by atoms with Crippen LogP contribution in [0.2, 0.25) is 0 Å². The third-order valence-electron chi connectivity index (χ3n) is 5.29. The summed E-state index contributed by atoms with van der Waals surface area (Å²) in [5.41, 5.74) is -0.00812. The maximum Gasteiger partial charge on any atom is 0.339 e. The Kier molecular flexibility index (Phi) is 3.21. The second-order valence-electron chi connectivity index (χ2n) is 6.57. The number of aromatic carboxylic acids is 1. The van der Waals surface area contributed by atoms with Gasteiger partial charge in [-0.3, -0.25) is 0 Å². The van der Waals surface area contributed by atoms with Crippen molar-refractivity contribution in [3.63, 3.8) is 0 Å². The van der Waals surface area contributed by atoms with E-state index in [4.69, 9.17) is 14.2 Å². The fourth-order valence-corrected chi connectivity index (χ4v) is 4.16. The minimum Gasteiger partial charge on any atom is -0.478 e. The number of hydrogen-bond acceptors (Lipinski definition) is 5. The Hall–Kier alpha value is -1.92. The zero-order valence-corrected chi connectivity index (χ0v) is 12.8. The van der Waals surface area contributed by atoms with Gasteiger partial charge in [-0.1, -0.05) is 26.0 Å². The molecule has 122 valence electrons. The van der Waals surface area contributed by atoms with Crippen LogP contribution in [0.3, 0.4) is 0 Å². The van der Waals surface area contributed by atoms with Crippen LogP contribution in [-0.2, 0) is 14.2 Å². The highest BCUT2D eigenvalue weighted by molar-refractivity contribution is 6.02. The summed E-state index contributed by atoms with van der Waals surface area (Å²) in [5.74, 6) is -1.37. The molecule has 1 N–H and O–H groups in total. The molecule has 1 aromatic rings. The predicted molar refractivity (Wildman–Crippen MR) is 78.3 cm³/mol. The molecule has 5 rings (SSSR count). The molecule has 0 saturated carbocycles. The topological polar surface area (TPSA) is 82.1 Å². The van der Waals surface area contributed by atoms with Crippen molar-refractivity contribution >= 4 is 11.9 Å². The van der Waals surface area contributed by atoms with Gasteiger partial charge in [0.15, 0.2) is 6.10 Å². The van der Waals surface area contributed by atoms with Crippen LogP contribution in [0.4, 0.5) is 0 Å². The van der Waals surface area contributed by atoms with Crippen LogP contribution in [0.25, 0.3) is 0 Å². The molecule has 4 heterocycles. The van der Waals surface area contributed by atoms with Crippen molar-refractivity contribution in [3.8, 4) is 0 Å². The van der Waals surface area contributed by atoms with Crippen LogP contribution in [0.1, 0.15) is 34.6 Å². The average molecular weight is 318 g/mol. The molecule has 4 fully saturated rings. The van der Waals surface area contributed by atoms with E-state index in [1.807, 2.05) is 6.92 Å². The van der Waals surface area contributed by atoms with E-state index in [-0.39, 0.29) is 47.4 Å². The highest BCUT2D eigenvalue weighted by atomic mass is 16.6. The molecule has 6 heteroatoms. The molecule has 0 amide bonds. The fraction of sp³-hybridized carbons (Fsp3) is 0.529. The standard InChI is InChI=1S/C17H18O6/c1-7-11-8(2)13-15(14(21-11)12(7)22-13)23-17(20)10-6-4-3-5-9(10)16(18)19/h3-8,11-15H,1-2H3,(H,18,19)/t7-,8+,11+,12+,13-,14?,15-/m1/s1. The summed E-state index contributed by atoms with van der Waals surface area (Å²) < 4.78 is 17.6. The number of carbonyl (C=O) groups is 2. The predicted octanol–water partition coefficient (Wildman–Crippen LogP) is 1.73. The van der Waals surface area contributed by atoms with Gasteiger partial charge in [0.05, 0.1) is 23.3 Å². The zero-order valence-electron chi connectivity index (χ0n) is 12.8. The van der Waals surface area contributed by atoms with Gasteiger partial charge in [0.1, 0.15) is 12.2 Å². The maximum absolute atomic E-state index is 12.5. The first-order chi connectivity index (χ1) is 11.0. The van der Waals surface area contributed by atoms with Gasteiger partial charge in [0, 0.05) is 11.8 Å². The van der Waals surface area contributed by atoms with Crippen molar-refractivity contribution < 1.29 is 28.9 Å². The lowest BCUT2D eigenvalue weighted by atomic mass is 9.87. The third kappa shape index (κ3) is 2.01. The first kappa shape index (κ1) is 14.7. The maximum atomic E-state index is 12.5. The molecule has 4 aliphatic rings. The van der Waals surface area contributed by atoms with Crippen LogP contribution in [0.5, 0.6) is 0 Å². The van der Waals surface area contributed by atoms with Crippen molar-refractivity contribution in [2.45, 2.75) is 44.4 Å². The molecule has 7 atom stereocenters. The summed E-state index contributed by atoms with van der Waals surface area (Å²) in [7, 11) is 0. The minimum atomic E-state index is -1.15. The Morgan fingerprint density at radius 3 is 2.26 bits per heavy atom. The van der Waals surface area contributed by atoms with Gasteiger partial charge in [-0.2, -0.15) is 0 Å². The number of esters is 1. The van der Waals surface area contributed by atoms with Crippen molar-refractivity contribution in [1.82, 2.24) is 0 Å². The Morgan fingerprint density at radius 1 is 0.957 bits per heavy atom. The first-order valence-electron chi connectivity index (χ1n) is 7.83. The summed E-state index contributed by atoms with van der Waals surface area (Å²) in [6.07, 6.45) is -0.817. The molecular weight excluding hydrogens is 300 g/mol. The molecule has 0 spiro atoms. The normalized spacial score (nSPS) is 40.3. The molecule has 4 saturated heterocycles. The Bertz CT molecular complexity index is 667. The Labute approximate surface area is 133 Å². The number of hydrogen-bond donors (Lipinski definition) is 1. The Balaban J connectivity index is 1.58. The second-order valence-corrected chi connectivity index (χ2v) is 6.57. The molecule has 0 aromatic heterocycles. The number of carbonyl (C=O) groups excluding carboxylic acids is 1. The lowest BCUT2D eigenvalue weighted by Gasteiger charge is -2.38. The highest BCUT2D eigenvalue weighted by Crippen LogP contribution is 2.50. The molecule has 0 aliphatic carbocycles. The summed E-state index contributed by atoms with van der Waals surface area (Å²) in [6, 6.07) is 6.05. The van der Waals surface area contributed by atoms with E-state index in [0.717, 1.165) is 0 Å². The van der Waals surface area contributed by atoms with Gasteiger partial charge in [0.25, 0.3) is 0 Å². The fourth-order valence-electron chi connectivity index (χ4n) is 4.16. The van der Waals surface area contributed by atoms with Gasteiger partial charge < -0.3 is 19.3 Å². The van der Waals surface area contributed by atoms with Crippen LogP contribution < -0.4 is 0 Å². The zero-order chi connectivity index (χ0) is 16.3. The monoisotopic (exact) mass is 318 g/mol. The first-order valence-corrected chi connectivity index (χ1v) is 7.83. The van der Waals surface area contributed by atoms with Crippen molar-refractivity contribution in [1.29, 1.82) is 0 Å². The van der Waals surface area contributed by atoms with Crippen LogP contribution in [-0.4, -0.2) is 47.6 Å². The van der Waals surface area contributed by atoms with Crippen molar-refractivity contribution in [3.05, 3.63) is 35.4 Å². The summed E-state index contributed by atoms with van der Waals surface area (Å²) in [6.45, 7) is 4.13. The van der Waals surface area contributed by atoms with E-state index >= 15 is 0 Å². The van der Waals surface area contributed by atoms with Gasteiger partial charge in [-0.05, 0) is 12.1 Å². The minimum absolute atomic E-state index is 0.0475. The number of benzene rings is 1. The van der Waals surface area contributed by atoms with Gasteiger partial charge in [0.2, 0.25) is 0 Å². The summed E-state index contributed by atoms with van der Waals surface area (Å²) in [5, 5.41) is 9.21. The molecular formula is C17H18O6. The van der Waals surface area contributed by atoms with Crippen molar-refractivity contribution in [2.24, 2.45) is 11.8 Å². The number of carboxylic acids is 1. The summed E-state index contributed by atoms with van der Waals surface area (Å²) in [4.78, 5) is 23.7. The van der Waals surface area contributed by atoms with Crippen molar-refractivity contribution in [2.75, 3.05) is 0 Å². The number of rotatable bonds is 3. The molecule has 1 aromatic carbocycles. The van der Waals surface area contributed by atoms with Crippen LogP contribution >= 0.6 is 0 Å². The van der Waals surface area contributed by atoms with Gasteiger partial charge in [-0.15, -0.1) is 0 Å². The highest BCUT2D eigenvalue weighted by Gasteiger charge is 2.65. The van der Waals surface area contributed by atoms with Crippen LogP contribution in [0, 0.1) is 11.8 Å². The third-order valence-corrected chi connectivity index (χ3v) is 5.29. The molecule has 23 heavy (non-hydrogen) atoms. The molecule has 4 bridgehead atoms. The average Bonchev–Trinajstić information content (AvgIpc) is 2.96. The summed E-state index contributed by atoms with van der Waals surface area (Å²) >= 11 is 0. The molecule has 1 unspecified atom stereocenters. The Morgan fingerprint density at radius 2 is 1.57 bits per heavy atom. The van der Waals surface area contributed by atoms with Gasteiger partial charge >= 0.3 is 11.9 Å². The van der Waals surface area contributed by atoms with E-state index in [1.54, 1.807) is 12.1 Å². The van der Waals surface area contributed by atoms with E-state index < -0.39 is 18.0 Å². The number of ether oxygens (including phenoxy) is 3. The molecule has 6 nitrogen and oxygen atoms in total. The lowest BCUT2D eigenvalue weighted by Crippen LogP contribution is -2.49. The van der Waals surface area contributed by atoms with E-state index in [2.05, 4.69) is 6.92 Å². The van der Waals surface area contributed by atoms with E-state index in [1.165, 1.54) is 12.1 Å². The smallest absolute Gasteiger partial charge is 0.339 e. The van der Waals surface area contributed by atoms with Gasteiger partial charge in [-0.25, -0.2) is 9.59 Å². The largest absolute Gasteiger partial charge is 0.478 e. The van der Waals surface area contributed by atoms with Crippen LogP contribution in [0.15, 0.2) is 24.3 Å². The van der Waals surface area contributed by atoms with E-state index in [0.29, 0.717) is 0 Å². The lowest BCUT2D eigenvalue weighted by molar-refractivity contribution is -0.152. The second kappa shape index (κ2) is 5.04. The SMILES string of the molecule is C[C@@H]1[C@@H]2OC3[C@H]1O[C@H]([C@H]2C)[C@H]3OC(=O)c1ccccc1C(=O)O. The van der Waals surface area contributed by atoms with E-state index in [9.17, 15) is 14.7 Å². The quantitative estimate of drug-likeness (QED) is 0.855. The molecule has 0 radical (unpaired) electrons.